The number of carbonyl (C=O) groups is 1. The summed E-state index contributed by atoms with van der Waals surface area (Å²) in [5.41, 5.74) is 1.90. The minimum atomic E-state index is -0.922. The van der Waals surface area contributed by atoms with E-state index in [-0.39, 0.29) is 6.10 Å². The third kappa shape index (κ3) is 2.75. The lowest BCUT2D eigenvalue weighted by atomic mass is 9.95. The first-order valence-corrected chi connectivity index (χ1v) is 7.21. The van der Waals surface area contributed by atoms with Crippen LogP contribution in [-0.2, 0) is 20.1 Å². The highest BCUT2D eigenvalue weighted by Crippen LogP contribution is 2.39. The van der Waals surface area contributed by atoms with Gasteiger partial charge in [-0.05, 0) is 6.42 Å². The van der Waals surface area contributed by atoms with Crippen molar-refractivity contribution in [2.75, 3.05) is 6.61 Å². The van der Waals surface area contributed by atoms with Crippen LogP contribution in [0.1, 0.15) is 24.0 Å². The van der Waals surface area contributed by atoms with Gasteiger partial charge in [-0.25, -0.2) is 0 Å². The molecule has 0 amide bonds. The van der Waals surface area contributed by atoms with Gasteiger partial charge in [0.25, 0.3) is 0 Å². The van der Waals surface area contributed by atoms with Crippen LogP contribution >= 0.6 is 0 Å². The van der Waals surface area contributed by atoms with Gasteiger partial charge >= 0.3 is 0 Å². The van der Waals surface area contributed by atoms with Crippen LogP contribution in [0.5, 0.6) is 0 Å². The maximum Gasteiger partial charge on any atom is 0.222 e. The van der Waals surface area contributed by atoms with E-state index in [1.807, 2.05) is 60.7 Å². The Morgan fingerprint density at radius 3 is 2.10 bits per heavy atom. The Bertz CT molecular complexity index is 540. The average Bonchev–Trinajstić information content (AvgIpc) is 2.57. The summed E-state index contributed by atoms with van der Waals surface area (Å²) in [5, 5.41) is 0. The van der Waals surface area contributed by atoms with Crippen molar-refractivity contribution in [3.63, 3.8) is 0 Å². The molecule has 1 heterocycles. The van der Waals surface area contributed by atoms with E-state index in [2.05, 4.69) is 0 Å². The second kappa shape index (κ2) is 6.20. The average molecular weight is 282 g/mol. The lowest BCUT2D eigenvalue weighted by Gasteiger charge is -2.41. The monoisotopic (exact) mass is 282 g/mol. The highest BCUT2D eigenvalue weighted by molar-refractivity contribution is 5.50. The zero-order chi connectivity index (χ0) is 14.5. The van der Waals surface area contributed by atoms with Gasteiger partial charge in [-0.1, -0.05) is 60.7 Å². The number of carbonyl (C=O) groups excluding carboxylic acids is 1. The molecule has 2 aromatic rings. The number of rotatable bonds is 4. The Kier molecular flexibility index (Phi) is 4.13. The fraction of sp³-hybridized carbons (Fsp3) is 0.278. The molecule has 1 aliphatic rings. The predicted octanol–water partition coefficient (Wildman–Crippen LogP) is 3.28. The minimum Gasteiger partial charge on any atom is -0.342 e. The normalized spacial score (nSPS) is 20.9. The lowest BCUT2D eigenvalue weighted by molar-refractivity contribution is -0.277. The smallest absolute Gasteiger partial charge is 0.222 e. The molecule has 1 atom stereocenters. The summed E-state index contributed by atoms with van der Waals surface area (Å²) in [7, 11) is 0. The standard InChI is InChI=1S/C18H18O3/c19-13-11-17-12-14-20-18(21-17,15-7-3-1-4-8-15)16-9-5-2-6-10-16/h1-10,13,17H,11-12,14H2. The first-order chi connectivity index (χ1) is 10.3. The summed E-state index contributed by atoms with van der Waals surface area (Å²) in [6, 6.07) is 19.8. The molecular formula is C18H18O3. The largest absolute Gasteiger partial charge is 0.342 e. The molecule has 108 valence electrons. The minimum absolute atomic E-state index is 0.114. The van der Waals surface area contributed by atoms with E-state index in [1.54, 1.807) is 0 Å². The highest BCUT2D eigenvalue weighted by atomic mass is 16.7. The number of ether oxygens (including phenoxy) is 2. The molecule has 3 nitrogen and oxygen atoms in total. The molecule has 1 fully saturated rings. The van der Waals surface area contributed by atoms with E-state index >= 15 is 0 Å². The van der Waals surface area contributed by atoms with Crippen LogP contribution in [0.2, 0.25) is 0 Å². The molecule has 0 aromatic heterocycles. The number of aldehydes is 1. The zero-order valence-corrected chi connectivity index (χ0v) is 11.8. The van der Waals surface area contributed by atoms with E-state index in [4.69, 9.17) is 9.47 Å². The molecule has 0 bridgehead atoms. The van der Waals surface area contributed by atoms with Crippen molar-refractivity contribution in [2.24, 2.45) is 0 Å². The molecule has 0 aliphatic carbocycles. The van der Waals surface area contributed by atoms with E-state index in [1.165, 1.54) is 0 Å². The molecule has 0 N–H and O–H groups in total. The van der Waals surface area contributed by atoms with Crippen LogP contribution in [0.15, 0.2) is 60.7 Å². The molecular weight excluding hydrogens is 264 g/mol. The summed E-state index contributed by atoms with van der Waals surface area (Å²) in [5.74, 6) is -0.922. The molecule has 0 radical (unpaired) electrons. The van der Waals surface area contributed by atoms with Gasteiger partial charge in [0.15, 0.2) is 0 Å². The molecule has 1 saturated heterocycles. The molecule has 21 heavy (non-hydrogen) atoms. The lowest BCUT2D eigenvalue weighted by Crippen LogP contribution is -2.43. The van der Waals surface area contributed by atoms with Crippen molar-refractivity contribution in [1.29, 1.82) is 0 Å². The van der Waals surface area contributed by atoms with Crippen molar-refractivity contribution < 1.29 is 14.3 Å². The Labute approximate surface area is 124 Å². The van der Waals surface area contributed by atoms with E-state index < -0.39 is 5.79 Å². The molecule has 0 saturated carbocycles. The van der Waals surface area contributed by atoms with Crippen LogP contribution in [-0.4, -0.2) is 19.0 Å². The van der Waals surface area contributed by atoms with Gasteiger partial charge in [-0.2, -0.15) is 0 Å². The second-order valence-electron chi connectivity index (χ2n) is 5.13. The highest BCUT2D eigenvalue weighted by Gasteiger charge is 2.41. The van der Waals surface area contributed by atoms with Crippen LogP contribution in [0, 0.1) is 0 Å². The summed E-state index contributed by atoms with van der Waals surface area (Å²) in [6.45, 7) is 0.572. The van der Waals surface area contributed by atoms with Crippen molar-refractivity contribution >= 4 is 6.29 Å². The molecule has 0 spiro atoms. The first-order valence-electron chi connectivity index (χ1n) is 7.21. The van der Waals surface area contributed by atoms with Crippen LogP contribution in [0.3, 0.4) is 0 Å². The number of hydrogen-bond donors (Lipinski definition) is 0. The van der Waals surface area contributed by atoms with Crippen molar-refractivity contribution in [3.05, 3.63) is 71.8 Å². The van der Waals surface area contributed by atoms with Crippen LogP contribution in [0.4, 0.5) is 0 Å². The zero-order valence-electron chi connectivity index (χ0n) is 11.8. The van der Waals surface area contributed by atoms with E-state index in [0.717, 1.165) is 23.8 Å². The van der Waals surface area contributed by atoms with Gasteiger partial charge in [0, 0.05) is 17.5 Å². The Morgan fingerprint density at radius 1 is 1.00 bits per heavy atom. The first kappa shape index (κ1) is 14.0. The molecule has 3 rings (SSSR count). The Hall–Kier alpha value is -1.97. The topological polar surface area (TPSA) is 35.5 Å². The Morgan fingerprint density at radius 2 is 1.57 bits per heavy atom. The second-order valence-corrected chi connectivity index (χ2v) is 5.13. The Balaban J connectivity index is 2.05. The fourth-order valence-electron chi connectivity index (χ4n) is 2.72. The van der Waals surface area contributed by atoms with Crippen molar-refractivity contribution in [1.82, 2.24) is 0 Å². The maximum absolute atomic E-state index is 10.8. The van der Waals surface area contributed by atoms with Gasteiger partial charge < -0.3 is 14.3 Å². The van der Waals surface area contributed by atoms with Crippen molar-refractivity contribution in [2.45, 2.75) is 24.7 Å². The van der Waals surface area contributed by atoms with Gasteiger partial charge in [-0.15, -0.1) is 0 Å². The molecule has 1 aliphatic heterocycles. The maximum atomic E-state index is 10.8. The van der Waals surface area contributed by atoms with Gasteiger partial charge in [0.2, 0.25) is 5.79 Å². The van der Waals surface area contributed by atoms with Crippen LogP contribution in [0.25, 0.3) is 0 Å². The van der Waals surface area contributed by atoms with Crippen molar-refractivity contribution in [3.8, 4) is 0 Å². The third-order valence-corrected chi connectivity index (χ3v) is 3.74. The fourth-order valence-corrected chi connectivity index (χ4v) is 2.72. The number of benzene rings is 2. The summed E-state index contributed by atoms with van der Waals surface area (Å²) < 4.78 is 12.3. The molecule has 3 heteroatoms. The van der Waals surface area contributed by atoms with E-state index in [9.17, 15) is 4.79 Å². The predicted molar refractivity (Wildman–Crippen MR) is 79.8 cm³/mol. The quantitative estimate of drug-likeness (QED) is 0.807. The van der Waals surface area contributed by atoms with Gasteiger partial charge in [-0.3, -0.25) is 0 Å². The third-order valence-electron chi connectivity index (χ3n) is 3.74. The van der Waals surface area contributed by atoms with Gasteiger partial charge in [0.1, 0.15) is 6.29 Å². The van der Waals surface area contributed by atoms with Crippen LogP contribution < -0.4 is 0 Å². The summed E-state index contributed by atoms with van der Waals surface area (Å²) >= 11 is 0. The SMILES string of the molecule is O=CCC1CCOC(c2ccccc2)(c2ccccc2)O1. The summed E-state index contributed by atoms with van der Waals surface area (Å²) in [4.78, 5) is 10.8. The van der Waals surface area contributed by atoms with E-state index in [0.29, 0.717) is 13.0 Å². The summed E-state index contributed by atoms with van der Waals surface area (Å²) in [6.07, 6.45) is 1.93. The molecule has 1 unspecified atom stereocenters. The van der Waals surface area contributed by atoms with Gasteiger partial charge in [0.05, 0.1) is 12.7 Å². The molecule has 2 aromatic carbocycles. The number of hydrogen-bond acceptors (Lipinski definition) is 3.